The lowest BCUT2D eigenvalue weighted by Gasteiger charge is -2.26. The summed E-state index contributed by atoms with van der Waals surface area (Å²) in [5.74, 6) is 0.129. The van der Waals surface area contributed by atoms with Gasteiger partial charge in [-0.25, -0.2) is 0 Å². The summed E-state index contributed by atoms with van der Waals surface area (Å²) in [7, 11) is 0. The zero-order chi connectivity index (χ0) is 11.4. The molecule has 0 amide bonds. The van der Waals surface area contributed by atoms with Crippen molar-refractivity contribution < 1.29 is 4.74 Å². The summed E-state index contributed by atoms with van der Waals surface area (Å²) < 4.78 is 5.30. The quantitative estimate of drug-likeness (QED) is 0.631. The van der Waals surface area contributed by atoms with E-state index >= 15 is 0 Å². The van der Waals surface area contributed by atoms with Crippen molar-refractivity contribution in [3.63, 3.8) is 0 Å². The Kier molecular flexibility index (Phi) is 5.41. The van der Waals surface area contributed by atoms with E-state index in [4.69, 9.17) is 15.9 Å². The van der Waals surface area contributed by atoms with E-state index in [0.717, 1.165) is 38.4 Å². The van der Waals surface area contributed by atoms with Crippen LogP contribution in [0.4, 0.5) is 0 Å². The lowest BCUT2D eigenvalue weighted by atomic mass is 10.1. The minimum Gasteiger partial charge on any atom is -0.384 e. The van der Waals surface area contributed by atoms with E-state index in [1.54, 1.807) is 0 Å². The minimum absolute atomic E-state index is 0. The van der Waals surface area contributed by atoms with E-state index in [9.17, 15) is 0 Å². The van der Waals surface area contributed by atoms with Crippen LogP contribution < -0.4 is 5.73 Å². The van der Waals surface area contributed by atoms with E-state index in [1.807, 2.05) is 18.2 Å². The molecule has 0 bridgehead atoms. The van der Waals surface area contributed by atoms with Crippen molar-refractivity contribution in [2.75, 3.05) is 26.3 Å². The Labute approximate surface area is 108 Å². The normalized spacial score (nSPS) is 16.2. The molecule has 0 radical (unpaired) electrons. The third-order valence-corrected chi connectivity index (χ3v) is 2.75. The molecule has 0 aliphatic carbocycles. The van der Waals surface area contributed by atoms with Gasteiger partial charge in [0, 0.05) is 25.2 Å². The Morgan fingerprint density at radius 2 is 2.06 bits per heavy atom. The molecule has 1 aromatic carbocycles. The molecule has 4 nitrogen and oxygen atoms in total. The van der Waals surface area contributed by atoms with E-state index < -0.39 is 0 Å². The Morgan fingerprint density at radius 1 is 1.35 bits per heavy atom. The van der Waals surface area contributed by atoms with Crippen molar-refractivity contribution >= 4 is 18.2 Å². The maximum atomic E-state index is 7.40. The van der Waals surface area contributed by atoms with Gasteiger partial charge in [0.1, 0.15) is 5.84 Å². The molecule has 94 valence electrons. The van der Waals surface area contributed by atoms with Crippen LogP contribution in [0.1, 0.15) is 11.1 Å². The van der Waals surface area contributed by atoms with E-state index in [2.05, 4.69) is 11.0 Å². The van der Waals surface area contributed by atoms with Crippen LogP contribution in [-0.2, 0) is 11.3 Å². The van der Waals surface area contributed by atoms with E-state index in [1.165, 1.54) is 5.56 Å². The molecule has 1 heterocycles. The molecule has 1 aliphatic rings. The Hall–Kier alpha value is -1.10. The summed E-state index contributed by atoms with van der Waals surface area (Å²) in [6.45, 7) is 4.48. The average molecular weight is 256 g/mol. The van der Waals surface area contributed by atoms with Gasteiger partial charge in [-0.15, -0.1) is 12.4 Å². The molecule has 0 aromatic heterocycles. The topological polar surface area (TPSA) is 62.3 Å². The Morgan fingerprint density at radius 3 is 2.71 bits per heavy atom. The van der Waals surface area contributed by atoms with Gasteiger partial charge in [0.2, 0.25) is 0 Å². The van der Waals surface area contributed by atoms with Gasteiger partial charge in [-0.05, 0) is 11.6 Å². The first kappa shape index (κ1) is 14.0. The molecule has 0 saturated carbocycles. The van der Waals surface area contributed by atoms with E-state index in [-0.39, 0.29) is 18.2 Å². The molecule has 0 atom stereocenters. The van der Waals surface area contributed by atoms with Gasteiger partial charge >= 0.3 is 0 Å². The standard InChI is InChI=1S/C12H17N3O.ClH/c13-12(14)11-3-1-2-10(8-11)9-15-4-6-16-7-5-15;/h1-3,8H,4-7,9H2,(H3,13,14);1H. The lowest BCUT2D eigenvalue weighted by Crippen LogP contribution is -2.35. The van der Waals surface area contributed by atoms with Crippen molar-refractivity contribution in [3.05, 3.63) is 35.4 Å². The zero-order valence-corrected chi connectivity index (χ0v) is 10.5. The highest BCUT2D eigenvalue weighted by Crippen LogP contribution is 2.09. The van der Waals surface area contributed by atoms with Gasteiger partial charge in [-0.1, -0.05) is 18.2 Å². The minimum atomic E-state index is 0. The molecule has 2 rings (SSSR count). The fraction of sp³-hybridized carbons (Fsp3) is 0.417. The smallest absolute Gasteiger partial charge is 0.122 e. The van der Waals surface area contributed by atoms with Crippen LogP contribution in [0, 0.1) is 5.41 Å². The van der Waals surface area contributed by atoms with Gasteiger partial charge in [-0.2, -0.15) is 0 Å². The SMILES string of the molecule is Cl.N=C(N)c1cccc(CN2CCOCC2)c1. The number of hydrogen-bond donors (Lipinski definition) is 2. The number of hydrogen-bond acceptors (Lipinski definition) is 3. The number of nitrogen functional groups attached to an aromatic ring is 1. The fourth-order valence-corrected chi connectivity index (χ4v) is 1.85. The number of halogens is 1. The monoisotopic (exact) mass is 255 g/mol. The maximum Gasteiger partial charge on any atom is 0.122 e. The summed E-state index contributed by atoms with van der Waals surface area (Å²) in [5, 5.41) is 7.40. The fourth-order valence-electron chi connectivity index (χ4n) is 1.85. The van der Waals surface area contributed by atoms with Crippen LogP contribution in [-0.4, -0.2) is 37.0 Å². The molecule has 1 saturated heterocycles. The van der Waals surface area contributed by atoms with Crippen LogP contribution in [0.3, 0.4) is 0 Å². The summed E-state index contributed by atoms with van der Waals surface area (Å²) >= 11 is 0. The highest BCUT2D eigenvalue weighted by molar-refractivity contribution is 5.95. The Balaban J connectivity index is 0.00000144. The van der Waals surface area contributed by atoms with Crippen LogP contribution in [0.25, 0.3) is 0 Å². The number of nitrogens with one attached hydrogen (secondary N) is 1. The number of morpholine rings is 1. The summed E-state index contributed by atoms with van der Waals surface area (Å²) in [6, 6.07) is 7.87. The van der Waals surface area contributed by atoms with Gasteiger partial charge in [0.05, 0.1) is 13.2 Å². The number of rotatable bonds is 3. The first-order valence-electron chi connectivity index (χ1n) is 5.49. The predicted molar refractivity (Wildman–Crippen MR) is 70.8 cm³/mol. The molecule has 3 N–H and O–H groups in total. The molecule has 0 spiro atoms. The molecule has 0 unspecified atom stereocenters. The van der Waals surface area contributed by atoms with E-state index in [0.29, 0.717) is 0 Å². The average Bonchev–Trinajstić information content (AvgIpc) is 2.30. The third-order valence-electron chi connectivity index (χ3n) is 2.75. The highest BCUT2D eigenvalue weighted by atomic mass is 35.5. The molecular weight excluding hydrogens is 238 g/mol. The van der Waals surface area contributed by atoms with Crippen molar-refractivity contribution in [1.29, 1.82) is 5.41 Å². The number of nitrogens with zero attached hydrogens (tertiary/aromatic N) is 1. The van der Waals surface area contributed by atoms with Gasteiger partial charge < -0.3 is 10.5 Å². The maximum absolute atomic E-state index is 7.40. The molecule has 1 aromatic rings. The predicted octanol–water partition coefficient (Wildman–Crippen LogP) is 1.22. The molecular formula is C12H18ClN3O. The second kappa shape index (κ2) is 6.59. The molecule has 1 aliphatic heterocycles. The third kappa shape index (κ3) is 4.00. The Bertz CT molecular complexity index is 378. The first-order chi connectivity index (χ1) is 7.75. The van der Waals surface area contributed by atoms with Crippen LogP contribution in [0.15, 0.2) is 24.3 Å². The number of benzene rings is 1. The van der Waals surface area contributed by atoms with Gasteiger partial charge in [-0.3, -0.25) is 10.3 Å². The summed E-state index contributed by atoms with van der Waals surface area (Å²) in [4.78, 5) is 2.35. The summed E-state index contributed by atoms with van der Waals surface area (Å²) in [5.41, 5.74) is 7.47. The molecule has 5 heteroatoms. The zero-order valence-electron chi connectivity index (χ0n) is 9.69. The second-order valence-corrected chi connectivity index (χ2v) is 4.00. The summed E-state index contributed by atoms with van der Waals surface area (Å²) in [6.07, 6.45) is 0. The van der Waals surface area contributed by atoms with Crippen molar-refractivity contribution in [1.82, 2.24) is 4.90 Å². The largest absolute Gasteiger partial charge is 0.384 e. The van der Waals surface area contributed by atoms with Gasteiger partial charge in [0.25, 0.3) is 0 Å². The second-order valence-electron chi connectivity index (χ2n) is 4.00. The van der Waals surface area contributed by atoms with Crippen molar-refractivity contribution in [2.45, 2.75) is 6.54 Å². The van der Waals surface area contributed by atoms with Crippen LogP contribution >= 0.6 is 12.4 Å². The number of nitrogens with two attached hydrogens (primary N) is 1. The number of ether oxygens (including phenoxy) is 1. The van der Waals surface area contributed by atoms with Gasteiger partial charge in [0.15, 0.2) is 0 Å². The highest BCUT2D eigenvalue weighted by Gasteiger charge is 2.10. The van der Waals surface area contributed by atoms with Crippen LogP contribution in [0.2, 0.25) is 0 Å². The lowest BCUT2D eigenvalue weighted by molar-refractivity contribution is 0.0342. The first-order valence-corrected chi connectivity index (χ1v) is 5.49. The molecule has 1 fully saturated rings. The van der Waals surface area contributed by atoms with Crippen molar-refractivity contribution in [2.24, 2.45) is 5.73 Å². The molecule has 17 heavy (non-hydrogen) atoms. The van der Waals surface area contributed by atoms with Crippen molar-refractivity contribution in [3.8, 4) is 0 Å². The van der Waals surface area contributed by atoms with Crippen LogP contribution in [0.5, 0.6) is 0 Å². The number of amidine groups is 1.